The van der Waals surface area contributed by atoms with Gasteiger partial charge in [-0.15, -0.1) is 0 Å². The third-order valence-electron chi connectivity index (χ3n) is 1.51. The molecule has 0 bridgehead atoms. The zero-order valence-corrected chi connectivity index (χ0v) is 9.03. The van der Waals surface area contributed by atoms with Crippen molar-refractivity contribution < 1.29 is 9.18 Å². The zero-order valence-electron chi connectivity index (χ0n) is 6.69. The van der Waals surface area contributed by atoms with Crippen LogP contribution in [0.1, 0.15) is 16.8 Å². The molecular formula is C9H7BrClFO. The van der Waals surface area contributed by atoms with Gasteiger partial charge in [-0.1, -0.05) is 27.5 Å². The van der Waals surface area contributed by atoms with Crippen molar-refractivity contribution in [2.75, 3.05) is 5.33 Å². The number of hydrogen-bond donors (Lipinski definition) is 0. The molecule has 0 aliphatic carbocycles. The number of ketones is 1. The molecule has 4 heteroatoms. The van der Waals surface area contributed by atoms with E-state index in [1.54, 1.807) is 0 Å². The quantitative estimate of drug-likeness (QED) is 0.604. The Labute approximate surface area is 89.0 Å². The van der Waals surface area contributed by atoms with Gasteiger partial charge in [0.2, 0.25) is 0 Å². The molecule has 0 spiro atoms. The number of halogens is 3. The summed E-state index contributed by atoms with van der Waals surface area (Å²) in [5, 5.41) is 0.817. The Balaban J connectivity index is 2.94. The smallest absolute Gasteiger partial charge is 0.163 e. The van der Waals surface area contributed by atoms with Gasteiger partial charge in [0, 0.05) is 22.3 Å². The second-order valence-electron chi connectivity index (χ2n) is 2.52. The molecule has 0 unspecified atom stereocenters. The minimum Gasteiger partial charge on any atom is -0.294 e. The minimum absolute atomic E-state index is 0.113. The standard InChI is InChI=1S/C9H7BrClFO/c10-2-1-9(13)6-3-7(11)5-8(12)4-6/h3-5H,1-2H2. The van der Waals surface area contributed by atoms with E-state index in [0.29, 0.717) is 17.3 Å². The number of benzene rings is 1. The normalized spacial score (nSPS) is 10.1. The van der Waals surface area contributed by atoms with Gasteiger partial charge in [0.05, 0.1) is 0 Å². The van der Waals surface area contributed by atoms with Gasteiger partial charge in [0.25, 0.3) is 0 Å². The summed E-state index contributed by atoms with van der Waals surface area (Å²) < 4.78 is 12.8. The molecule has 70 valence electrons. The van der Waals surface area contributed by atoms with Crippen LogP contribution in [0.4, 0.5) is 4.39 Å². The molecule has 0 aliphatic heterocycles. The van der Waals surface area contributed by atoms with E-state index in [2.05, 4.69) is 15.9 Å². The Hall–Kier alpha value is -0.410. The van der Waals surface area contributed by atoms with Crippen molar-refractivity contribution in [2.45, 2.75) is 6.42 Å². The van der Waals surface area contributed by atoms with E-state index in [0.717, 1.165) is 0 Å². The maximum Gasteiger partial charge on any atom is 0.163 e. The van der Waals surface area contributed by atoms with Crippen LogP contribution in [0.5, 0.6) is 0 Å². The molecule has 0 N–H and O–H groups in total. The monoisotopic (exact) mass is 264 g/mol. The maximum atomic E-state index is 12.8. The van der Waals surface area contributed by atoms with Crippen LogP contribution < -0.4 is 0 Å². The lowest BCUT2D eigenvalue weighted by Crippen LogP contribution is -1.99. The van der Waals surface area contributed by atoms with Crippen LogP contribution in [-0.4, -0.2) is 11.1 Å². The predicted molar refractivity (Wildman–Crippen MR) is 54.2 cm³/mol. The fourth-order valence-corrected chi connectivity index (χ4v) is 1.53. The average Bonchev–Trinajstić information content (AvgIpc) is 2.03. The van der Waals surface area contributed by atoms with E-state index in [4.69, 9.17) is 11.6 Å². The van der Waals surface area contributed by atoms with E-state index in [-0.39, 0.29) is 10.8 Å². The van der Waals surface area contributed by atoms with Gasteiger partial charge in [0.15, 0.2) is 5.78 Å². The first kappa shape index (κ1) is 10.7. The summed E-state index contributed by atoms with van der Waals surface area (Å²) >= 11 is 8.73. The number of carbonyl (C=O) groups excluding carboxylic acids is 1. The third-order valence-corrected chi connectivity index (χ3v) is 2.12. The minimum atomic E-state index is -0.481. The third kappa shape index (κ3) is 3.08. The van der Waals surface area contributed by atoms with Crippen molar-refractivity contribution in [1.29, 1.82) is 0 Å². The summed E-state index contributed by atoms with van der Waals surface area (Å²) in [5.41, 5.74) is 0.324. The van der Waals surface area contributed by atoms with Crippen LogP contribution in [0.2, 0.25) is 5.02 Å². The van der Waals surface area contributed by atoms with Crippen molar-refractivity contribution in [1.82, 2.24) is 0 Å². The molecule has 0 fully saturated rings. The molecule has 1 nitrogen and oxygen atoms in total. The number of carbonyl (C=O) groups is 1. The Morgan fingerprint density at radius 2 is 2.15 bits per heavy atom. The van der Waals surface area contributed by atoms with E-state index >= 15 is 0 Å². The molecule has 0 aliphatic rings. The van der Waals surface area contributed by atoms with Gasteiger partial charge in [-0.25, -0.2) is 4.39 Å². The average molecular weight is 266 g/mol. The highest BCUT2D eigenvalue weighted by molar-refractivity contribution is 9.09. The van der Waals surface area contributed by atoms with Gasteiger partial charge < -0.3 is 0 Å². The van der Waals surface area contributed by atoms with Crippen LogP contribution in [0.3, 0.4) is 0 Å². The lowest BCUT2D eigenvalue weighted by molar-refractivity contribution is 0.0989. The lowest BCUT2D eigenvalue weighted by atomic mass is 10.1. The molecule has 0 amide bonds. The van der Waals surface area contributed by atoms with Gasteiger partial charge >= 0.3 is 0 Å². The van der Waals surface area contributed by atoms with Crippen LogP contribution in [0, 0.1) is 5.82 Å². The van der Waals surface area contributed by atoms with Crippen LogP contribution in [0.15, 0.2) is 18.2 Å². The highest BCUT2D eigenvalue weighted by Gasteiger charge is 2.07. The van der Waals surface area contributed by atoms with E-state index in [1.165, 1.54) is 18.2 Å². The molecule has 1 aromatic carbocycles. The van der Waals surface area contributed by atoms with Crippen molar-refractivity contribution in [3.63, 3.8) is 0 Å². The van der Waals surface area contributed by atoms with Gasteiger partial charge in [-0.2, -0.15) is 0 Å². The topological polar surface area (TPSA) is 17.1 Å². The Morgan fingerprint density at radius 3 is 2.69 bits per heavy atom. The lowest BCUT2D eigenvalue weighted by Gasteiger charge is -1.99. The largest absolute Gasteiger partial charge is 0.294 e. The summed E-state index contributed by atoms with van der Waals surface area (Å²) in [6.07, 6.45) is 0.347. The fraction of sp³-hybridized carbons (Fsp3) is 0.222. The van der Waals surface area contributed by atoms with Crippen molar-refractivity contribution in [2.24, 2.45) is 0 Å². The molecule has 13 heavy (non-hydrogen) atoms. The highest BCUT2D eigenvalue weighted by atomic mass is 79.9. The van der Waals surface area contributed by atoms with Crippen molar-refractivity contribution >= 4 is 33.3 Å². The second-order valence-corrected chi connectivity index (χ2v) is 3.75. The molecular weight excluding hydrogens is 258 g/mol. The first-order chi connectivity index (χ1) is 6.13. The summed E-state index contributed by atoms with van der Waals surface area (Å²) in [5.74, 6) is -0.594. The molecule has 0 radical (unpaired) electrons. The van der Waals surface area contributed by atoms with E-state index in [1.807, 2.05) is 0 Å². The molecule has 0 atom stereocenters. The summed E-state index contributed by atoms with van der Waals surface area (Å²) in [7, 11) is 0. The first-order valence-corrected chi connectivity index (χ1v) is 5.18. The molecule has 0 saturated carbocycles. The van der Waals surface area contributed by atoms with Crippen LogP contribution in [0.25, 0.3) is 0 Å². The Bertz CT molecular complexity index is 307. The number of alkyl halides is 1. The fourth-order valence-electron chi connectivity index (χ4n) is 0.945. The Kier molecular flexibility index (Phi) is 3.88. The second kappa shape index (κ2) is 4.72. The number of hydrogen-bond acceptors (Lipinski definition) is 1. The Morgan fingerprint density at radius 1 is 1.46 bits per heavy atom. The van der Waals surface area contributed by atoms with Crippen LogP contribution in [-0.2, 0) is 0 Å². The maximum absolute atomic E-state index is 12.8. The molecule has 0 saturated heterocycles. The summed E-state index contributed by atoms with van der Waals surface area (Å²) in [6.45, 7) is 0. The van der Waals surface area contributed by atoms with E-state index < -0.39 is 5.82 Å². The van der Waals surface area contributed by atoms with Gasteiger partial charge in [0.1, 0.15) is 5.82 Å². The van der Waals surface area contributed by atoms with E-state index in [9.17, 15) is 9.18 Å². The first-order valence-electron chi connectivity index (χ1n) is 3.68. The molecule has 0 heterocycles. The molecule has 1 aromatic rings. The SMILES string of the molecule is O=C(CCBr)c1cc(F)cc(Cl)c1. The highest BCUT2D eigenvalue weighted by Crippen LogP contribution is 2.15. The van der Waals surface area contributed by atoms with Crippen molar-refractivity contribution in [3.8, 4) is 0 Å². The summed E-state index contributed by atoms with van der Waals surface area (Å²) in [6, 6.07) is 3.83. The summed E-state index contributed by atoms with van der Waals surface area (Å²) in [4.78, 5) is 11.3. The van der Waals surface area contributed by atoms with Gasteiger partial charge in [-0.3, -0.25) is 4.79 Å². The zero-order chi connectivity index (χ0) is 9.84. The number of Topliss-reactive ketones (excluding diaryl/α,β-unsaturated/α-hetero) is 1. The molecule has 1 rings (SSSR count). The predicted octanol–water partition coefficient (Wildman–Crippen LogP) is 3.45. The number of rotatable bonds is 3. The molecule has 0 aromatic heterocycles. The van der Waals surface area contributed by atoms with Gasteiger partial charge in [-0.05, 0) is 18.2 Å². The van der Waals surface area contributed by atoms with Crippen LogP contribution >= 0.6 is 27.5 Å². The van der Waals surface area contributed by atoms with Crippen molar-refractivity contribution in [3.05, 3.63) is 34.6 Å².